The van der Waals surface area contributed by atoms with E-state index in [1.165, 1.54) is 17.3 Å². The van der Waals surface area contributed by atoms with E-state index in [9.17, 15) is 4.79 Å². The van der Waals surface area contributed by atoms with Gasteiger partial charge in [0.2, 0.25) is 0 Å². The molecule has 2 nitrogen and oxygen atoms in total. The average Bonchev–Trinajstić information content (AvgIpc) is 2.60. The molecule has 0 bridgehead atoms. The lowest BCUT2D eigenvalue weighted by atomic mass is 10.1. The van der Waals surface area contributed by atoms with Gasteiger partial charge >= 0.3 is 0 Å². The molecule has 0 saturated carbocycles. The Labute approximate surface area is 153 Å². The summed E-state index contributed by atoms with van der Waals surface area (Å²) in [5.41, 5.74) is 3.56. The zero-order valence-corrected chi connectivity index (χ0v) is 16.4. The SMILES string of the molecule is CCC(=O)Sc1cccc(SC)c1COc1ccc(CC)cc1C. The summed E-state index contributed by atoms with van der Waals surface area (Å²) in [6.45, 7) is 6.59. The number of aryl methyl sites for hydroxylation is 2. The van der Waals surface area contributed by atoms with Gasteiger partial charge in [-0.25, -0.2) is 0 Å². The van der Waals surface area contributed by atoms with Gasteiger partial charge in [0, 0.05) is 21.8 Å². The van der Waals surface area contributed by atoms with Crippen molar-refractivity contribution in [2.45, 2.75) is 50.0 Å². The second-order valence-electron chi connectivity index (χ2n) is 5.51. The molecule has 0 atom stereocenters. The van der Waals surface area contributed by atoms with Crippen LogP contribution in [0.2, 0.25) is 0 Å². The van der Waals surface area contributed by atoms with Gasteiger partial charge in [-0.15, -0.1) is 11.8 Å². The summed E-state index contributed by atoms with van der Waals surface area (Å²) in [5.74, 6) is 0.904. The van der Waals surface area contributed by atoms with Crippen molar-refractivity contribution in [1.29, 1.82) is 0 Å². The van der Waals surface area contributed by atoms with Crippen molar-refractivity contribution in [3.8, 4) is 5.75 Å². The summed E-state index contributed by atoms with van der Waals surface area (Å²) in [6.07, 6.45) is 3.61. The molecule has 2 rings (SSSR count). The van der Waals surface area contributed by atoms with E-state index in [0.29, 0.717) is 13.0 Å². The first kappa shape index (κ1) is 18.9. The highest BCUT2D eigenvalue weighted by Crippen LogP contribution is 2.32. The van der Waals surface area contributed by atoms with Crippen LogP contribution in [0.5, 0.6) is 5.75 Å². The minimum absolute atomic E-state index is 0.179. The molecule has 0 saturated heterocycles. The second-order valence-corrected chi connectivity index (χ2v) is 7.45. The molecule has 2 aromatic carbocycles. The molecule has 0 N–H and O–H groups in total. The summed E-state index contributed by atoms with van der Waals surface area (Å²) in [4.78, 5) is 14.0. The first-order chi connectivity index (χ1) is 11.6. The Morgan fingerprint density at radius 3 is 2.50 bits per heavy atom. The van der Waals surface area contributed by atoms with E-state index in [2.05, 4.69) is 38.3 Å². The topological polar surface area (TPSA) is 26.3 Å². The Morgan fingerprint density at radius 2 is 1.88 bits per heavy atom. The molecule has 4 heteroatoms. The standard InChI is InChI=1S/C20H24O2S2/c1-5-15-10-11-17(14(3)12-15)22-13-16-18(23-4)8-7-9-19(16)24-20(21)6-2/h7-12H,5-6,13H2,1-4H3. The minimum atomic E-state index is 0.179. The highest BCUT2D eigenvalue weighted by Gasteiger charge is 2.13. The van der Waals surface area contributed by atoms with Crippen LogP contribution < -0.4 is 4.74 Å². The van der Waals surface area contributed by atoms with Crippen molar-refractivity contribution < 1.29 is 9.53 Å². The number of ether oxygens (including phenoxy) is 1. The highest BCUT2D eigenvalue weighted by atomic mass is 32.2. The van der Waals surface area contributed by atoms with Crippen LogP contribution in [-0.2, 0) is 17.8 Å². The van der Waals surface area contributed by atoms with Crippen LogP contribution in [0.3, 0.4) is 0 Å². The first-order valence-electron chi connectivity index (χ1n) is 8.17. The molecule has 24 heavy (non-hydrogen) atoms. The number of hydrogen-bond acceptors (Lipinski definition) is 4. The van der Waals surface area contributed by atoms with Gasteiger partial charge in [0.25, 0.3) is 0 Å². The molecule has 0 aliphatic rings. The van der Waals surface area contributed by atoms with Crippen molar-refractivity contribution in [1.82, 2.24) is 0 Å². The lowest BCUT2D eigenvalue weighted by molar-refractivity contribution is -0.110. The maximum absolute atomic E-state index is 11.8. The fraction of sp³-hybridized carbons (Fsp3) is 0.350. The maximum Gasteiger partial charge on any atom is 0.193 e. The predicted octanol–water partition coefficient (Wildman–Crippen LogP) is 5.89. The van der Waals surface area contributed by atoms with E-state index < -0.39 is 0 Å². The summed E-state index contributed by atoms with van der Waals surface area (Å²) < 4.78 is 6.08. The molecule has 0 amide bonds. The zero-order chi connectivity index (χ0) is 17.5. The lowest BCUT2D eigenvalue weighted by Gasteiger charge is -2.15. The summed E-state index contributed by atoms with van der Waals surface area (Å²) in [5, 5.41) is 0.179. The largest absolute Gasteiger partial charge is 0.489 e. The molecule has 0 fully saturated rings. The van der Waals surface area contributed by atoms with Crippen LogP contribution in [0.4, 0.5) is 0 Å². The maximum atomic E-state index is 11.8. The van der Waals surface area contributed by atoms with Crippen LogP contribution in [0.1, 0.15) is 37.0 Å². The van der Waals surface area contributed by atoms with Crippen molar-refractivity contribution in [2.75, 3.05) is 6.26 Å². The fourth-order valence-corrected chi connectivity index (χ4v) is 3.94. The van der Waals surface area contributed by atoms with Gasteiger partial charge in [-0.3, -0.25) is 4.79 Å². The molecular formula is C20H24O2S2. The van der Waals surface area contributed by atoms with E-state index in [4.69, 9.17) is 4.74 Å². The Morgan fingerprint density at radius 1 is 1.12 bits per heavy atom. The summed E-state index contributed by atoms with van der Waals surface area (Å²) in [6, 6.07) is 12.4. The molecule has 0 aliphatic carbocycles. The number of benzene rings is 2. The van der Waals surface area contributed by atoms with Gasteiger partial charge in [-0.2, -0.15) is 0 Å². The molecule has 0 radical (unpaired) electrons. The molecule has 0 aromatic heterocycles. The van der Waals surface area contributed by atoms with Crippen molar-refractivity contribution in [3.05, 3.63) is 53.1 Å². The number of carbonyl (C=O) groups is 1. The summed E-state index contributed by atoms with van der Waals surface area (Å²) in [7, 11) is 0. The minimum Gasteiger partial charge on any atom is -0.489 e. The van der Waals surface area contributed by atoms with Gasteiger partial charge in [-0.1, -0.05) is 43.8 Å². The zero-order valence-electron chi connectivity index (χ0n) is 14.7. The molecule has 0 spiro atoms. The third kappa shape index (κ3) is 4.81. The smallest absolute Gasteiger partial charge is 0.193 e. The number of carbonyl (C=O) groups excluding carboxylic acids is 1. The van der Waals surface area contributed by atoms with Gasteiger partial charge in [-0.05, 0) is 48.9 Å². The van der Waals surface area contributed by atoms with Gasteiger partial charge < -0.3 is 4.74 Å². The Bertz CT molecular complexity index is 711. The molecule has 2 aromatic rings. The number of thioether (sulfide) groups is 2. The van der Waals surface area contributed by atoms with E-state index in [1.807, 2.05) is 25.1 Å². The van der Waals surface area contributed by atoms with Gasteiger partial charge in [0.05, 0.1) is 0 Å². The van der Waals surface area contributed by atoms with Crippen LogP contribution in [0, 0.1) is 6.92 Å². The lowest BCUT2D eigenvalue weighted by Crippen LogP contribution is -2.02. The highest BCUT2D eigenvalue weighted by molar-refractivity contribution is 8.13. The van der Waals surface area contributed by atoms with E-state index in [-0.39, 0.29) is 5.12 Å². The van der Waals surface area contributed by atoms with E-state index in [1.54, 1.807) is 11.8 Å². The Balaban J connectivity index is 2.23. The van der Waals surface area contributed by atoms with E-state index >= 15 is 0 Å². The van der Waals surface area contributed by atoms with Gasteiger partial charge in [0.15, 0.2) is 5.12 Å². The van der Waals surface area contributed by atoms with Crippen LogP contribution >= 0.6 is 23.5 Å². The molecular weight excluding hydrogens is 336 g/mol. The fourth-order valence-electron chi connectivity index (χ4n) is 2.41. The third-order valence-electron chi connectivity index (χ3n) is 3.84. The Kier molecular flexibility index (Phi) is 7.25. The number of hydrogen-bond donors (Lipinski definition) is 0. The Hall–Kier alpha value is -1.39. The van der Waals surface area contributed by atoms with Crippen molar-refractivity contribution >= 4 is 28.6 Å². The van der Waals surface area contributed by atoms with Crippen molar-refractivity contribution in [3.63, 3.8) is 0 Å². The van der Waals surface area contributed by atoms with Gasteiger partial charge in [0.1, 0.15) is 12.4 Å². The predicted molar refractivity (Wildman–Crippen MR) is 104 cm³/mol. The molecule has 0 heterocycles. The molecule has 0 aliphatic heterocycles. The monoisotopic (exact) mass is 360 g/mol. The van der Waals surface area contributed by atoms with Crippen molar-refractivity contribution in [2.24, 2.45) is 0 Å². The normalized spacial score (nSPS) is 10.7. The average molecular weight is 361 g/mol. The quantitative estimate of drug-likeness (QED) is 0.575. The summed E-state index contributed by atoms with van der Waals surface area (Å²) >= 11 is 3.00. The van der Waals surface area contributed by atoms with Crippen LogP contribution in [-0.4, -0.2) is 11.4 Å². The third-order valence-corrected chi connectivity index (χ3v) is 5.78. The number of rotatable bonds is 7. The molecule has 128 valence electrons. The van der Waals surface area contributed by atoms with Crippen LogP contribution in [0.15, 0.2) is 46.2 Å². The second kappa shape index (κ2) is 9.19. The van der Waals surface area contributed by atoms with Crippen LogP contribution in [0.25, 0.3) is 0 Å². The molecule has 0 unspecified atom stereocenters. The van der Waals surface area contributed by atoms with E-state index in [0.717, 1.165) is 33.1 Å². The first-order valence-corrected chi connectivity index (χ1v) is 10.2.